The molecule has 7 heteroatoms. The molecule has 2 N–H and O–H groups in total. The first-order valence-electron chi connectivity index (χ1n) is 11.4. The van der Waals surface area contributed by atoms with Gasteiger partial charge in [-0.15, -0.1) is 0 Å². The van der Waals surface area contributed by atoms with Gasteiger partial charge >= 0.3 is 0 Å². The molecule has 1 aromatic rings. The lowest BCUT2D eigenvalue weighted by Gasteiger charge is -2.50. The van der Waals surface area contributed by atoms with Gasteiger partial charge in [0.1, 0.15) is 11.0 Å². The first kappa shape index (κ1) is 23.3. The highest BCUT2D eigenvalue weighted by atomic mass is 79.9. The molecule has 168 valence electrons. The fourth-order valence-electron chi connectivity index (χ4n) is 5.10. The maximum absolute atomic E-state index is 12.8. The van der Waals surface area contributed by atoms with Gasteiger partial charge in [0.2, 0.25) is 5.91 Å². The summed E-state index contributed by atoms with van der Waals surface area (Å²) in [7, 11) is 0. The van der Waals surface area contributed by atoms with E-state index < -0.39 is 0 Å². The molecule has 0 radical (unpaired) electrons. The van der Waals surface area contributed by atoms with E-state index in [0.717, 1.165) is 32.1 Å². The lowest BCUT2D eigenvalue weighted by Crippen LogP contribution is -2.48. The molecule has 2 saturated carbocycles. The molecule has 0 aromatic carbocycles. The number of aromatic nitrogens is 2. The Labute approximate surface area is 188 Å². The van der Waals surface area contributed by atoms with Gasteiger partial charge in [0.25, 0.3) is 5.56 Å². The molecule has 0 bridgehead atoms. The Morgan fingerprint density at radius 3 is 2.57 bits per heavy atom. The lowest BCUT2D eigenvalue weighted by atomic mass is 9.58. The minimum absolute atomic E-state index is 0.0453. The molecule has 1 heterocycles. The summed E-state index contributed by atoms with van der Waals surface area (Å²) in [6.07, 6.45) is 8.32. The summed E-state index contributed by atoms with van der Waals surface area (Å²) in [5, 5.41) is 10.9. The van der Waals surface area contributed by atoms with Gasteiger partial charge in [0.15, 0.2) is 0 Å². The number of nitrogens with zero attached hydrogens (tertiary/aromatic N) is 2. The SMILES string of the molecule is C[C@@H]1[C@@H](C)C(C)(C)[C@@H](C)C[C@H]1Nc1cnn(CC(=O)NC2CCCCC2)c(=O)c1Br. The molecule has 3 rings (SSSR count). The van der Waals surface area contributed by atoms with E-state index >= 15 is 0 Å². The number of halogens is 1. The van der Waals surface area contributed by atoms with Crippen LogP contribution in [0.4, 0.5) is 5.69 Å². The summed E-state index contributed by atoms with van der Waals surface area (Å²) >= 11 is 3.45. The molecule has 0 spiro atoms. The van der Waals surface area contributed by atoms with Gasteiger partial charge in [-0.05, 0) is 58.4 Å². The predicted octanol–water partition coefficient (Wildman–Crippen LogP) is 4.57. The van der Waals surface area contributed by atoms with Gasteiger partial charge in [-0.25, -0.2) is 4.68 Å². The van der Waals surface area contributed by atoms with E-state index in [-0.39, 0.29) is 30.1 Å². The molecule has 2 aliphatic rings. The number of hydrogen-bond donors (Lipinski definition) is 2. The van der Waals surface area contributed by atoms with Crippen LogP contribution in [-0.2, 0) is 11.3 Å². The Morgan fingerprint density at radius 2 is 1.90 bits per heavy atom. The van der Waals surface area contributed by atoms with Crippen molar-refractivity contribution in [1.29, 1.82) is 0 Å². The molecular formula is C23H37BrN4O2. The minimum Gasteiger partial charge on any atom is -0.380 e. The second-order valence-corrected chi connectivity index (χ2v) is 10.9. The van der Waals surface area contributed by atoms with Crippen LogP contribution in [0, 0.1) is 23.2 Å². The number of carbonyl (C=O) groups excluding carboxylic acids is 1. The third kappa shape index (κ3) is 4.92. The second kappa shape index (κ2) is 9.41. The van der Waals surface area contributed by atoms with Gasteiger partial charge in [-0.3, -0.25) is 9.59 Å². The predicted molar refractivity (Wildman–Crippen MR) is 125 cm³/mol. The smallest absolute Gasteiger partial charge is 0.283 e. The monoisotopic (exact) mass is 480 g/mol. The Hall–Kier alpha value is -1.37. The molecule has 2 aliphatic carbocycles. The molecular weight excluding hydrogens is 444 g/mol. The molecule has 0 unspecified atom stereocenters. The quantitative estimate of drug-likeness (QED) is 0.646. The summed E-state index contributed by atoms with van der Waals surface area (Å²) in [4.78, 5) is 25.2. The van der Waals surface area contributed by atoms with E-state index in [1.54, 1.807) is 6.20 Å². The fourth-order valence-corrected chi connectivity index (χ4v) is 5.52. The fraction of sp³-hybridized carbons (Fsp3) is 0.783. The third-order valence-corrected chi connectivity index (χ3v) is 8.83. The number of anilines is 1. The summed E-state index contributed by atoms with van der Waals surface area (Å²) in [5.41, 5.74) is 0.728. The zero-order valence-corrected chi connectivity index (χ0v) is 20.6. The van der Waals surface area contributed by atoms with Crippen LogP contribution >= 0.6 is 15.9 Å². The average molecular weight is 481 g/mol. The Morgan fingerprint density at radius 1 is 1.23 bits per heavy atom. The van der Waals surface area contributed by atoms with E-state index in [9.17, 15) is 9.59 Å². The van der Waals surface area contributed by atoms with E-state index in [1.807, 2.05) is 0 Å². The highest BCUT2D eigenvalue weighted by Gasteiger charge is 2.43. The third-order valence-electron chi connectivity index (χ3n) is 8.06. The Bertz CT molecular complexity index is 816. The molecule has 0 saturated heterocycles. The normalized spacial score (nSPS) is 29.4. The van der Waals surface area contributed by atoms with Crippen LogP contribution in [0.1, 0.15) is 73.1 Å². The van der Waals surface area contributed by atoms with Crippen LogP contribution < -0.4 is 16.2 Å². The van der Waals surface area contributed by atoms with Crippen molar-refractivity contribution >= 4 is 27.5 Å². The standard InChI is InChI=1S/C23H37BrN4O2/c1-14-11-18(15(2)16(3)23(14,4)5)27-19-12-25-28(22(30)21(19)24)13-20(29)26-17-9-7-6-8-10-17/h12,14-18,27H,6-11,13H2,1-5H3,(H,26,29)/t14-,15+,16+,18+/m0/s1. The maximum Gasteiger partial charge on any atom is 0.283 e. The zero-order valence-electron chi connectivity index (χ0n) is 19.0. The molecule has 1 aromatic heterocycles. The van der Waals surface area contributed by atoms with Gasteiger partial charge in [-0.1, -0.05) is 53.9 Å². The van der Waals surface area contributed by atoms with Gasteiger partial charge in [0.05, 0.1) is 11.9 Å². The van der Waals surface area contributed by atoms with Crippen molar-refractivity contribution in [1.82, 2.24) is 15.1 Å². The summed E-state index contributed by atoms with van der Waals surface area (Å²) in [5.74, 6) is 1.48. The molecule has 2 fully saturated rings. The lowest BCUT2D eigenvalue weighted by molar-refractivity contribution is -0.122. The van der Waals surface area contributed by atoms with Crippen molar-refractivity contribution in [3.05, 3.63) is 21.0 Å². The van der Waals surface area contributed by atoms with E-state index in [1.165, 1.54) is 11.1 Å². The van der Waals surface area contributed by atoms with Crippen LogP contribution in [0.3, 0.4) is 0 Å². The largest absolute Gasteiger partial charge is 0.380 e. The number of carbonyl (C=O) groups is 1. The van der Waals surface area contributed by atoms with Crippen molar-refractivity contribution in [2.45, 2.75) is 91.8 Å². The van der Waals surface area contributed by atoms with Gasteiger partial charge < -0.3 is 10.6 Å². The number of hydrogen-bond acceptors (Lipinski definition) is 4. The second-order valence-electron chi connectivity index (χ2n) is 10.1. The van der Waals surface area contributed by atoms with Crippen molar-refractivity contribution in [3.8, 4) is 0 Å². The summed E-state index contributed by atoms with van der Waals surface area (Å²) in [6, 6.07) is 0.512. The van der Waals surface area contributed by atoms with E-state index in [4.69, 9.17) is 0 Å². The van der Waals surface area contributed by atoms with Gasteiger partial charge in [-0.2, -0.15) is 5.10 Å². The summed E-state index contributed by atoms with van der Waals surface area (Å²) in [6.45, 7) is 11.6. The van der Waals surface area contributed by atoms with E-state index in [0.29, 0.717) is 33.3 Å². The van der Waals surface area contributed by atoms with Crippen LogP contribution in [0.2, 0.25) is 0 Å². The van der Waals surface area contributed by atoms with Crippen LogP contribution in [0.5, 0.6) is 0 Å². The number of nitrogens with one attached hydrogen (secondary N) is 2. The number of amides is 1. The van der Waals surface area contributed by atoms with Crippen molar-refractivity contribution in [2.75, 3.05) is 5.32 Å². The average Bonchev–Trinajstić information content (AvgIpc) is 2.71. The highest BCUT2D eigenvalue weighted by molar-refractivity contribution is 9.10. The molecule has 30 heavy (non-hydrogen) atoms. The molecule has 4 atom stereocenters. The summed E-state index contributed by atoms with van der Waals surface area (Å²) < 4.78 is 1.69. The highest BCUT2D eigenvalue weighted by Crippen LogP contribution is 2.48. The Kier molecular flexibility index (Phi) is 7.31. The minimum atomic E-state index is -0.274. The molecule has 0 aliphatic heterocycles. The van der Waals surface area contributed by atoms with Gasteiger partial charge in [0, 0.05) is 12.1 Å². The van der Waals surface area contributed by atoms with E-state index in [2.05, 4.69) is 66.3 Å². The first-order chi connectivity index (χ1) is 14.1. The molecule has 1 amide bonds. The zero-order chi connectivity index (χ0) is 22.1. The molecule has 6 nitrogen and oxygen atoms in total. The van der Waals surface area contributed by atoms with Crippen molar-refractivity contribution in [3.63, 3.8) is 0 Å². The van der Waals surface area contributed by atoms with Crippen molar-refractivity contribution < 1.29 is 4.79 Å². The van der Waals surface area contributed by atoms with Crippen LogP contribution in [0.25, 0.3) is 0 Å². The van der Waals surface area contributed by atoms with Crippen LogP contribution in [-0.4, -0.2) is 27.8 Å². The maximum atomic E-state index is 12.8. The first-order valence-corrected chi connectivity index (χ1v) is 12.2. The van der Waals surface area contributed by atoms with Crippen molar-refractivity contribution in [2.24, 2.45) is 23.2 Å². The topological polar surface area (TPSA) is 76.0 Å². The number of rotatable bonds is 5. The van der Waals surface area contributed by atoms with Crippen LogP contribution in [0.15, 0.2) is 15.5 Å². The Balaban J connectivity index is 1.67.